The van der Waals surface area contributed by atoms with Crippen LogP contribution in [0.25, 0.3) is 4.96 Å². The number of fused-ring (bicyclic) bond motifs is 1. The van der Waals surface area contributed by atoms with Gasteiger partial charge in [-0.1, -0.05) is 11.3 Å². The lowest BCUT2D eigenvalue weighted by Gasteiger charge is -1.98. The molecule has 2 aromatic heterocycles. The number of methoxy groups -OCH3 is 1. The molecule has 0 atom stereocenters. The van der Waals surface area contributed by atoms with E-state index in [1.54, 1.807) is 7.11 Å². The zero-order chi connectivity index (χ0) is 11.7. The lowest BCUT2D eigenvalue weighted by atomic mass is 10.3. The first-order valence-corrected chi connectivity index (χ1v) is 5.33. The summed E-state index contributed by atoms with van der Waals surface area (Å²) >= 11 is 1.22. The fourth-order valence-electron chi connectivity index (χ4n) is 1.39. The summed E-state index contributed by atoms with van der Waals surface area (Å²) in [6.45, 7) is 0.318. The Morgan fingerprint density at radius 2 is 2.24 bits per heavy atom. The zero-order valence-electron chi connectivity index (χ0n) is 8.89. The topological polar surface area (TPSA) is 65.4 Å². The van der Waals surface area contributed by atoms with Crippen LogP contribution in [0.2, 0.25) is 0 Å². The van der Waals surface area contributed by atoms with Crippen molar-refractivity contribution in [2.45, 2.75) is 19.6 Å². The highest BCUT2D eigenvalue weighted by Crippen LogP contribution is 2.26. The molecule has 5 nitrogen and oxygen atoms in total. The minimum absolute atomic E-state index is 0. The van der Waals surface area contributed by atoms with Gasteiger partial charge >= 0.3 is 0 Å². The van der Waals surface area contributed by atoms with Crippen LogP contribution >= 0.6 is 23.7 Å². The molecule has 0 saturated heterocycles. The van der Waals surface area contributed by atoms with Gasteiger partial charge in [0.05, 0.1) is 12.3 Å². The van der Waals surface area contributed by atoms with E-state index >= 15 is 0 Å². The van der Waals surface area contributed by atoms with Crippen LogP contribution in [0.1, 0.15) is 22.8 Å². The van der Waals surface area contributed by atoms with Gasteiger partial charge in [-0.25, -0.2) is 18.3 Å². The van der Waals surface area contributed by atoms with Gasteiger partial charge in [0.2, 0.25) is 4.96 Å². The van der Waals surface area contributed by atoms with Gasteiger partial charge in [0.1, 0.15) is 10.7 Å². The van der Waals surface area contributed by atoms with E-state index in [-0.39, 0.29) is 30.3 Å². The number of nitrogens with zero attached hydrogens (tertiary/aromatic N) is 3. The summed E-state index contributed by atoms with van der Waals surface area (Å²) in [5.74, 6) is 0. The summed E-state index contributed by atoms with van der Waals surface area (Å²) in [6, 6.07) is 0. The molecule has 0 radical (unpaired) electrons. The van der Waals surface area contributed by atoms with Crippen molar-refractivity contribution in [1.29, 1.82) is 0 Å². The molecule has 96 valence electrons. The Kier molecular flexibility index (Phi) is 4.75. The second-order valence-corrected chi connectivity index (χ2v) is 4.11. The molecule has 0 spiro atoms. The highest BCUT2D eigenvalue weighted by Gasteiger charge is 2.21. The van der Waals surface area contributed by atoms with Crippen molar-refractivity contribution in [3.05, 3.63) is 16.4 Å². The molecular weight excluding hydrogens is 274 g/mol. The number of imidazole rings is 1. The van der Waals surface area contributed by atoms with Gasteiger partial charge in [0.15, 0.2) is 0 Å². The molecule has 9 heteroatoms. The number of halogens is 3. The average molecular weight is 285 g/mol. The first-order valence-electron chi connectivity index (χ1n) is 4.51. The third kappa shape index (κ3) is 2.54. The molecule has 0 aliphatic heterocycles. The van der Waals surface area contributed by atoms with Crippen LogP contribution in [-0.2, 0) is 17.9 Å². The van der Waals surface area contributed by atoms with E-state index in [0.717, 1.165) is 0 Å². The Hall–Kier alpha value is -0.830. The third-order valence-corrected chi connectivity index (χ3v) is 2.92. The average Bonchev–Trinajstić information content (AvgIpc) is 2.74. The van der Waals surface area contributed by atoms with E-state index in [4.69, 9.17) is 10.5 Å². The predicted octanol–water partition coefficient (Wildman–Crippen LogP) is 1.76. The first kappa shape index (κ1) is 14.2. The molecule has 0 amide bonds. The predicted molar refractivity (Wildman–Crippen MR) is 61.7 cm³/mol. The quantitative estimate of drug-likeness (QED) is 0.929. The third-order valence-electron chi connectivity index (χ3n) is 2.04. The number of hydrogen-bond acceptors (Lipinski definition) is 5. The monoisotopic (exact) mass is 284 g/mol. The van der Waals surface area contributed by atoms with Crippen molar-refractivity contribution >= 4 is 28.7 Å². The van der Waals surface area contributed by atoms with Crippen molar-refractivity contribution in [1.82, 2.24) is 14.6 Å². The van der Waals surface area contributed by atoms with E-state index in [0.29, 0.717) is 16.6 Å². The number of aromatic nitrogens is 3. The van der Waals surface area contributed by atoms with Crippen molar-refractivity contribution in [3.63, 3.8) is 0 Å². The Morgan fingerprint density at radius 3 is 2.76 bits per heavy atom. The number of ether oxygens (including phenoxy) is 1. The van der Waals surface area contributed by atoms with Crippen molar-refractivity contribution < 1.29 is 13.5 Å². The molecule has 0 saturated carbocycles. The number of nitrogens with two attached hydrogens (primary N) is 1. The van der Waals surface area contributed by atoms with Crippen LogP contribution in [0.15, 0.2) is 0 Å². The summed E-state index contributed by atoms with van der Waals surface area (Å²) in [5.41, 5.74) is 5.39. The van der Waals surface area contributed by atoms with Crippen LogP contribution in [0.3, 0.4) is 0 Å². The smallest absolute Gasteiger partial charge is 0.282 e. The molecule has 2 aromatic rings. The molecule has 0 aliphatic carbocycles. The number of alkyl halides is 2. The Labute approximate surface area is 106 Å². The Morgan fingerprint density at radius 1 is 1.53 bits per heavy atom. The van der Waals surface area contributed by atoms with Crippen LogP contribution < -0.4 is 5.73 Å². The van der Waals surface area contributed by atoms with Crippen molar-refractivity contribution in [2.75, 3.05) is 7.11 Å². The van der Waals surface area contributed by atoms with E-state index in [1.807, 2.05) is 0 Å². The van der Waals surface area contributed by atoms with Gasteiger partial charge in [-0.15, -0.1) is 12.4 Å². The maximum absolute atomic E-state index is 12.6. The molecule has 2 rings (SSSR count). The molecule has 0 aromatic carbocycles. The maximum atomic E-state index is 12.6. The van der Waals surface area contributed by atoms with Gasteiger partial charge in [0.25, 0.3) is 6.43 Å². The Balaban J connectivity index is 0.00000144. The molecular formula is C8H11ClF2N4OS. The van der Waals surface area contributed by atoms with Crippen molar-refractivity contribution in [3.8, 4) is 0 Å². The number of rotatable bonds is 4. The molecule has 0 fully saturated rings. The van der Waals surface area contributed by atoms with Gasteiger partial charge in [-0.3, -0.25) is 0 Å². The molecule has 2 N–H and O–H groups in total. The molecule has 0 bridgehead atoms. The van der Waals surface area contributed by atoms with Crippen LogP contribution in [0, 0.1) is 0 Å². The van der Waals surface area contributed by atoms with Crippen molar-refractivity contribution in [2.24, 2.45) is 5.73 Å². The second-order valence-electron chi connectivity index (χ2n) is 3.07. The normalized spacial score (nSPS) is 11.1. The maximum Gasteiger partial charge on any atom is 0.282 e. The summed E-state index contributed by atoms with van der Waals surface area (Å²) in [6.07, 6.45) is -2.63. The molecule has 0 aliphatic rings. The van der Waals surface area contributed by atoms with Gasteiger partial charge in [0, 0.05) is 13.7 Å². The van der Waals surface area contributed by atoms with E-state index in [1.165, 1.54) is 15.9 Å². The molecule has 2 heterocycles. The van der Waals surface area contributed by atoms with E-state index in [9.17, 15) is 8.78 Å². The van der Waals surface area contributed by atoms with E-state index in [2.05, 4.69) is 10.1 Å². The summed E-state index contributed by atoms with van der Waals surface area (Å²) in [7, 11) is 1.54. The minimum atomic E-state index is -2.63. The summed E-state index contributed by atoms with van der Waals surface area (Å²) < 4.78 is 31.5. The fraction of sp³-hybridized carbons (Fsp3) is 0.500. The second kappa shape index (κ2) is 5.67. The number of hydrogen-bond donors (Lipinski definition) is 1. The minimum Gasteiger partial charge on any atom is -0.377 e. The highest BCUT2D eigenvalue weighted by molar-refractivity contribution is 7.16. The largest absolute Gasteiger partial charge is 0.377 e. The first-order chi connectivity index (χ1) is 7.67. The SMILES string of the molecule is COCc1nn2c(CN)c(C(F)F)nc2s1.Cl. The lowest BCUT2D eigenvalue weighted by Crippen LogP contribution is -2.05. The molecule has 0 unspecified atom stereocenters. The van der Waals surface area contributed by atoms with Crippen LogP contribution in [0.5, 0.6) is 0 Å². The summed E-state index contributed by atoms with van der Waals surface area (Å²) in [5, 5.41) is 4.79. The van der Waals surface area contributed by atoms with Gasteiger partial charge in [-0.05, 0) is 0 Å². The van der Waals surface area contributed by atoms with Gasteiger partial charge in [-0.2, -0.15) is 5.10 Å². The van der Waals surface area contributed by atoms with Gasteiger partial charge < -0.3 is 10.5 Å². The molecule has 17 heavy (non-hydrogen) atoms. The lowest BCUT2D eigenvalue weighted by molar-refractivity contribution is 0.145. The highest BCUT2D eigenvalue weighted by atomic mass is 35.5. The zero-order valence-corrected chi connectivity index (χ0v) is 10.5. The summed E-state index contributed by atoms with van der Waals surface area (Å²) in [4.78, 5) is 4.24. The van der Waals surface area contributed by atoms with Crippen LogP contribution in [0.4, 0.5) is 8.78 Å². The fourth-order valence-corrected chi connectivity index (χ4v) is 2.28. The Bertz CT molecular complexity index is 501. The van der Waals surface area contributed by atoms with E-state index < -0.39 is 6.43 Å². The van der Waals surface area contributed by atoms with Crippen LogP contribution in [-0.4, -0.2) is 21.7 Å². The standard InChI is InChI=1S/C8H10F2N4OS.ClH/c1-15-3-5-13-14-4(2-11)6(7(9)10)12-8(14)16-5;/h7H,2-3,11H2,1H3;1H.